The zero-order valence-electron chi connectivity index (χ0n) is 62.3. The average molecular weight is 1320 g/mol. The van der Waals surface area contributed by atoms with Gasteiger partial charge in [0.25, 0.3) is 0 Å². The maximum Gasteiger partial charge on any atom is 0.306 e. The van der Waals surface area contributed by atoms with Gasteiger partial charge in [0.1, 0.15) is 12.2 Å². The first-order valence-electron chi connectivity index (χ1n) is 40.8. The summed E-state index contributed by atoms with van der Waals surface area (Å²) < 4.78 is 17.8. The Bertz CT molecular complexity index is 1590. The molecule has 0 aromatic rings. The summed E-state index contributed by atoms with van der Waals surface area (Å²) in [4.78, 5) is 69.3. The van der Waals surface area contributed by atoms with Crippen LogP contribution in [0, 0.1) is 0 Å². The lowest BCUT2D eigenvalue weighted by Crippen LogP contribution is -2.37. The van der Waals surface area contributed by atoms with Crippen molar-refractivity contribution in [2.45, 2.75) is 419 Å². The van der Waals surface area contributed by atoms with E-state index in [2.05, 4.69) is 55.1 Å². The standard InChI is InChI=1S/C80H156N4O9/c1-6-11-16-21-26-27-28-35-46-59-78(88)91-73-54-41-52-69-84(67-50-39-30-37-48-61-80(90)93-75(57-44-33-24-19-14-9-4)58-45-34-25-20-15-10-5)71-65-82-77(87)63-62-76(86)81-64-70-83(68-51-40-53-72-85)66-49-38-29-36-47-60-79(89)92-74(55-42-31-22-17-12-7-2)56-43-32-23-18-13-8-3/h74-75,85H,6-73H2,1-5H3,(H,81,86)(H,82,87). The highest BCUT2D eigenvalue weighted by molar-refractivity contribution is 5.83. The number of nitrogens with zero attached hydrogens (tertiary/aromatic N) is 2. The van der Waals surface area contributed by atoms with Crippen LogP contribution >= 0.6 is 0 Å². The molecular weight excluding hydrogens is 1160 g/mol. The van der Waals surface area contributed by atoms with Gasteiger partial charge in [-0.1, -0.05) is 253 Å². The minimum absolute atomic E-state index is 0.0206. The lowest BCUT2D eigenvalue weighted by Gasteiger charge is -2.23. The predicted molar refractivity (Wildman–Crippen MR) is 393 cm³/mol. The maximum absolute atomic E-state index is 13.1. The van der Waals surface area contributed by atoms with Crippen LogP contribution in [0.3, 0.4) is 0 Å². The molecule has 0 aliphatic rings. The van der Waals surface area contributed by atoms with Gasteiger partial charge in [0, 0.05) is 64.9 Å². The molecule has 0 aliphatic carbocycles. The molecule has 13 heteroatoms. The zero-order valence-corrected chi connectivity index (χ0v) is 62.3. The number of ether oxygens (including phenoxy) is 3. The highest BCUT2D eigenvalue weighted by Crippen LogP contribution is 2.21. The highest BCUT2D eigenvalue weighted by atomic mass is 16.5. The molecule has 0 aromatic carbocycles. The quantitative estimate of drug-likeness (QED) is 0.0302. The number of aliphatic hydroxyl groups excluding tert-OH is 1. The largest absolute Gasteiger partial charge is 0.466 e. The molecule has 0 saturated carbocycles. The highest BCUT2D eigenvalue weighted by Gasteiger charge is 2.17. The summed E-state index contributed by atoms with van der Waals surface area (Å²) in [7, 11) is 0. The number of hydrogen-bond donors (Lipinski definition) is 3. The second-order valence-corrected chi connectivity index (χ2v) is 28.0. The molecule has 0 atom stereocenters. The monoisotopic (exact) mass is 1320 g/mol. The number of carbonyl (C=O) groups is 5. The SMILES string of the molecule is CCCCCCCCCCCC(=O)OCCCCCN(CCCCCCCC(=O)OC(CCCCCCCC)CCCCCCCC)CCNC(=O)CCC(=O)NCCN(CCCCCO)CCCCCCCC(=O)OC(CCCCCCCC)CCCCCCCC. The Kier molecular flexibility index (Phi) is 71.3. The van der Waals surface area contributed by atoms with Crippen LogP contribution in [0.4, 0.5) is 0 Å². The molecule has 0 rings (SSSR count). The van der Waals surface area contributed by atoms with E-state index in [4.69, 9.17) is 14.2 Å². The number of esters is 3. The Morgan fingerprint density at radius 1 is 0.290 bits per heavy atom. The Labute approximate surface area is 575 Å². The summed E-state index contributed by atoms with van der Waals surface area (Å²) in [5.41, 5.74) is 0. The van der Waals surface area contributed by atoms with E-state index < -0.39 is 0 Å². The number of hydrogen-bond acceptors (Lipinski definition) is 11. The topological polar surface area (TPSA) is 164 Å². The molecule has 0 unspecified atom stereocenters. The van der Waals surface area contributed by atoms with E-state index in [0.29, 0.717) is 39.0 Å². The second kappa shape index (κ2) is 73.5. The third-order valence-corrected chi connectivity index (χ3v) is 18.9. The van der Waals surface area contributed by atoms with E-state index in [9.17, 15) is 29.1 Å². The maximum atomic E-state index is 13.1. The molecule has 0 heterocycles. The molecular formula is C80H156N4O9. The van der Waals surface area contributed by atoms with Gasteiger partial charge < -0.3 is 39.8 Å². The zero-order chi connectivity index (χ0) is 67.8. The Morgan fingerprint density at radius 3 is 0.860 bits per heavy atom. The first-order chi connectivity index (χ1) is 45.6. The van der Waals surface area contributed by atoms with E-state index in [1.165, 1.54) is 173 Å². The average Bonchev–Trinajstić information content (AvgIpc) is 3.75. The van der Waals surface area contributed by atoms with Crippen molar-refractivity contribution >= 4 is 29.7 Å². The van der Waals surface area contributed by atoms with Crippen molar-refractivity contribution < 1.29 is 43.3 Å². The summed E-state index contributed by atoms with van der Waals surface area (Å²) in [6.07, 6.45) is 62.9. The minimum Gasteiger partial charge on any atom is -0.466 e. The van der Waals surface area contributed by atoms with Crippen molar-refractivity contribution in [1.82, 2.24) is 20.4 Å². The van der Waals surface area contributed by atoms with Gasteiger partial charge >= 0.3 is 17.9 Å². The fraction of sp³-hybridized carbons (Fsp3) is 0.938. The summed E-state index contributed by atoms with van der Waals surface area (Å²) >= 11 is 0. The lowest BCUT2D eigenvalue weighted by molar-refractivity contribution is -0.151. The van der Waals surface area contributed by atoms with Crippen molar-refractivity contribution in [3.8, 4) is 0 Å². The van der Waals surface area contributed by atoms with Crippen LogP contribution in [0.5, 0.6) is 0 Å². The molecule has 0 spiro atoms. The molecule has 550 valence electrons. The van der Waals surface area contributed by atoms with E-state index in [0.717, 1.165) is 206 Å². The number of nitrogens with one attached hydrogen (secondary N) is 2. The van der Waals surface area contributed by atoms with Gasteiger partial charge in [-0.15, -0.1) is 0 Å². The van der Waals surface area contributed by atoms with Gasteiger partial charge in [0.15, 0.2) is 0 Å². The number of aliphatic hydroxyl groups is 1. The van der Waals surface area contributed by atoms with E-state index >= 15 is 0 Å². The number of amides is 2. The molecule has 0 aliphatic heterocycles. The third kappa shape index (κ3) is 67.6. The Balaban J connectivity index is 5.01. The molecule has 0 fully saturated rings. The minimum atomic E-state index is -0.109. The fourth-order valence-electron chi connectivity index (χ4n) is 12.8. The van der Waals surface area contributed by atoms with Crippen LogP contribution in [0.1, 0.15) is 407 Å². The summed E-state index contributed by atoms with van der Waals surface area (Å²) in [5, 5.41) is 15.5. The lowest BCUT2D eigenvalue weighted by atomic mass is 10.0. The third-order valence-electron chi connectivity index (χ3n) is 18.9. The van der Waals surface area contributed by atoms with Crippen molar-refractivity contribution in [1.29, 1.82) is 0 Å². The number of rotatable bonds is 76. The Hall–Kier alpha value is -2.77. The molecule has 93 heavy (non-hydrogen) atoms. The summed E-state index contributed by atoms with van der Waals surface area (Å²) in [5.74, 6) is -0.333. The van der Waals surface area contributed by atoms with Crippen molar-refractivity contribution in [3.63, 3.8) is 0 Å². The molecule has 0 saturated heterocycles. The van der Waals surface area contributed by atoms with Gasteiger partial charge in [-0.25, -0.2) is 0 Å². The van der Waals surface area contributed by atoms with E-state index in [1.807, 2.05) is 0 Å². The first kappa shape index (κ1) is 90.2. The van der Waals surface area contributed by atoms with Gasteiger partial charge in [0.2, 0.25) is 11.8 Å². The van der Waals surface area contributed by atoms with Crippen LogP contribution in [0.15, 0.2) is 0 Å². The van der Waals surface area contributed by atoms with Gasteiger partial charge in [-0.05, 0) is 148 Å². The first-order valence-corrected chi connectivity index (χ1v) is 40.8. The predicted octanol–water partition coefficient (Wildman–Crippen LogP) is 20.9. The van der Waals surface area contributed by atoms with Crippen LogP contribution in [0.25, 0.3) is 0 Å². The van der Waals surface area contributed by atoms with Crippen molar-refractivity contribution in [2.24, 2.45) is 0 Å². The number of carbonyl (C=O) groups excluding carboxylic acids is 5. The molecule has 0 aromatic heterocycles. The van der Waals surface area contributed by atoms with Crippen LogP contribution in [0.2, 0.25) is 0 Å². The van der Waals surface area contributed by atoms with Gasteiger partial charge in [-0.2, -0.15) is 0 Å². The smallest absolute Gasteiger partial charge is 0.306 e. The molecule has 2 amide bonds. The number of unbranched alkanes of at least 4 members (excludes halogenated alkanes) is 40. The van der Waals surface area contributed by atoms with E-state index in [-0.39, 0.29) is 61.4 Å². The van der Waals surface area contributed by atoms with Crippen LogP contribution < -0.4 is 10.6 Å². The normalized spacial score (nSPS) is 11.6. The summed E-state index contributed by atoms with van der Waals surface area (Å²) in [6.45, 7) is 18.2. The Morgan fingerprint density at radius 2 is 0.548 bits per heavy atom. The summed E-state index contributed by atoms with van der Waals surface area (Å²) in [6, 6.07) is 0. The molecule has 0 bridgehead atoms. The molecule has 3 N–H and O–H groups in total. The molecule has 0 radical (unpaired) electrons. The van der Waals surface area contributed by atoms with Crippen molar-refractivity contribution in [3.05, 3.63) is 0 Å². The van der Waals surface area contributed by atoms with E-state index in [1.54, 1.807) is 0 Å². The second-order valence-electron chi connectivity index (χ2n) is 28.0. The molecule has 13 nitrogen and oxygen atoms in total. The van der Waals surface area contributed by atoms with Crippen LogP contribution in [-0.4, -0.2) is 122 Å². The van der Waals surface area contributed by atoms with Crippen molar-refractivity contribution in [2.75, 3.05) is 65.6 Å². The van der Waals surface area contributed by atoms with Gasteiger partial charge in [-0.3, -0.25) is 24.0 Å². The fourth-order valence-corrected chi connectivity index (χ4v) is 12.8. The van der Waals surface area contributed by atoms with Gasteiger partial charge in [0.05, 0.1) is 6.61 Å². The van der Waals surface area contributed by atoms with Crippen LogP contribution in [-0.2, 0) is 38.2 Å².